The van der Waals surface area contributed by atoms with E-state index in [9.17, 15) is 4.79 Å². The van der Waals surface area contributed by atoms with Crippen LogP contribution in [0.15, 0.2) is 24.5 Å². The molecule has 5 heteroatoms. The summed E-state index contributed by atoms with van der Waals surface area (Å²) in [5.74, 6) is 1.95. The van der Waals surface area contributed by atoms with Gasteiger partial charge in [-0.25, -0.2) is 0 Å². The quantitative estimate of drug-likeness (QED) is 0.858. The van der Waals surface area contributed by atoms with Crippen molar-refractivity contribution in [2.45, 2.75) is 50.9 Å². The second-order valence-corrected chi connectivity index (χ2v) is 7.15. The SMILES string of the molecule is CC1CC(C(=O)N2C[C@H](Oc3cccnc3)[C@H]3OCCC[C@H]32)C1. The van der Waals surface area contributed by atoms with E-state index >= 15 is 0 Å². The maximum atomic E-state index is 12.8. The van der Waals surface area contributed by atoms with Crippen molar-refractivity contribution in [1.82, 2.24) is 9.88 Å². The maximum Gasteiger partial charge on any atom is 0.226 e. The number of pyridine rings is 1. The average Bonchev–Trinajstić information content (AvgIpc) is 2.91. The minimum atomic E-state index is -0.0917. The van der Waals surface area contributed by atoms with Gasteiger partial charge >= 0.3 is 0 Å². The zero-order valence-electron chi connectivity index (χ0n) is 13.6. The number of rotatable bonds is 3. The van der Waals surface area contributed by atoms with Gasteiger partial charge in [-0.3, -0.25) is 9.78 Å². The van der Waals surface area contributed by atoms with Crippen LogP contribution < -0.4 is 4.74 Å². The molecule has 2 aliphatic heterocycles. The molecule has 1 aromatic rings. The Morgan fingerprint density at radius 3 is 3.04 bits per heavy atom. The van der Waals surface area contributed by atoms with E-state index in [1.165, 1.54) is 0 Å². The fraction of sp³-hybridized carbons (Fsp3) is 0.667. The number of hydrogen-bond donors (Lipinski definition) is 0. The summed E-state index contributed by atoms with van der Waals surface area (Å²) < 4.78 is 12.1. The Morgan fingerprint density at radius 1 is 1.43 bits per heavy atom. The molecular weight excluding hydrogens is 292 g/mol. The van der Waals surface area contributed by atoms with Crippen molar-refractivity contribution in [1.29, 1.82) is 0 Å². The molecule has 0 radical (unpaired) electrons. The summed E-state index contributed by atoms with van der Waals surface area (Å²) in [6.07, 6.45) is 7.45. The molecule has 1 aromatic heterocycles. The summed E-state index contributed by atoms with van der Waals surface area (Å²) in [4.78, 5) is 19.0. The van der Waals surface area contributed by atoms with Crippen molar-refractivity contribution in [3.05, 3.63) is 24.5 Å². The van der Waals surface area contributed by atoms with Crippen molar-refractivity contribution in [3.8, 4) is 5.75 Å². The van der Waals surface area contributed by atoms with Crippen LogP contribution in [0.4, 0.5) is 0 Å². The van der Waals surface area contributed by atoms with Gasteiger partial charge in [0.25, 0.3) is 0 Å². The smallest absolute Gasteiger partial charge is 0.226 e. The first-order valence-electron chi connectivity index (χ1n) is 8.71. The lowest BCUT2D eigenvalue weighted by Crippen LogP contribution is -2.47. The lowest BCUT2D eigenvalue weighted by Gasteiger charge is -2.38. The number of carbonyl (C=O) groups is 1. The zero-order chi connectivity index (χ0) is 15.8. The van der Waals surface area contributed by atoms with Gasteiger partial charge in [0.1, 0.15) is 18.0 Å². The highest BCUT2D eigenvalue weighted by atomic mass is 16.5. The van der Waals surface area contributed by atoms with Crippen LogP contribution in [0.25, 0.3) is 0 Å². The summed E-state index contributed by atoms with van der Waals surface area (Å²) >= 11 is 0. The van der Waals surface area contributed by atoms with E-state index in [0.29, 0.717) is 18.4 Å². The van der Waals surface area contributed by atoms with Crippen LogP contribution in [-0.4, -0.2) is 47.2 Å². The molecule has 1 aliphatic carbocycles. The van der Waals surface area contributed by atoms with Gasteiger partial charge in [-0.2, -0.15) is 0 Å². The third-order valence-electron chi connectivity index (χ3n) is 5.41. The van der Waals surface area contributed by atoms with Gasteiger partial charge in [-0.15, -0.1) is 0 Å². The normalized spacial score (nSPS) is 36.2. The number of fused-ring (bicyclic) bond motifs is 1. The molecule has 0 aromatic carbocycles. The first kappa shape index (κ1) is 14.9. The Kier molecular flexibility index (Phi) is 3.97. The molecule has 3 aliphatic rings. The van der Waals surface area contributed by atoms with Gasteiger partial charge < -0.3 is 14.4 Å². The second-order valence-electron chi connectivity index (χ2n) is 7.15. The van der Waals surface area contributed by atoms with Crippen molar-refractivity contribution in [3.63, 3.8) is 0 Å². The fourth-order valence-electron chi connectivity index (χ4n) is 4.20. The topological polar surface area (TPSA) is 51.7 Å². The van der Waals surface area contributed by atoms with E-state index in [1.807, 2.05) is 17.0 Å². The first-order valence-corrected chi connectivity index (χ1v) is 8.71. The monoisotopic (exact) mass is 316 g/mol. The van der Waals surface area contributed by atoms with Crippen LogP contribution in [0.2, 0.25) is 0 Å². The van der Waals surface area contributed by atoms with Gasteiger partial charge in [0.15, 0.2) is 0 Å². The first-order chi connectivity index (χ1) is 11.2. The van der Waals surface area contributed by atoms with Crippen LogP contribution in [0, 0.1) is 11.8 Å². The molecule has 0 spiro atoms. The van der Waals surface area contributed by atoms with Crippen LogP contribution >= 0.6 is 0 Å². The van der Waals surface area contributed by atoms with Crippen LogP contribution in [0.5, 0.6) is 5.75 Å². The molecular formula is C18H24N2O3. The summed E-state index contributed by atoms with van der Waals surface area (Å²) in [6, 6.07) is 3.94. The third kappa shape index (κ3) is 2.82. The van der Waals surface area contributed by atoms with Gasteiger partial charge in [0.2, 0.25) is 5.91 Å². The summed E-state index contributed by atoms with van der Waals surface area (Å²) in [6.45, 7) is 3.61. The van der Waals surface area contributed by atoms with Crippen molar-refractivity contribution < 1.29 is 14.3 Å². The summed E-state index contributed by atoms with van der Waals surface area (Å²) in [5.41, 5.74) is 0. The minimum absolute atomic E-state index is 0.00888. The highest BCUT2D eigenvalue weighted by Gasteiger charge is 2.49. The Hall–Kier alpha value is -1.62. The van der Waals surface area contributed by atoms with E-state index in [2.05, 4.69) is 11.9 Å². The van der Waals surface area contributed by atoms with Crippen molar-refractivity contribution in [2.75, 3.05) is 13.2 Å². The number of nitrogens with zero attached hydrogens (tertiary/aromatic N) is 2. The molecule has 0 N–H and O–H groups in total. The van der Waals surface area contributed by atoms with Crippen LogP contribution in [0.1, 0.15) is 32.6 Å². The number of hydrogen-bond acceptors (Lipinski definition) is 4. The number of amides is 1. The molecule has 124 valence electrons. The molecule has 3 fully saturated rings. The predicted octanol–water partition coefficient (Wildman–Crippen LogP) is 2.26. The fourth-order valence-corrected chi connectivity index (χ4v) is 4.20. The highest BCUT2D eigenvalue weighted by molar-refractivity contribution is 5.80. The number of aromatic nitrogens is 1. The summed E-state index contributed by atoms with van der Waals surface area (Å²) in [5, 5.41) is 0. The molecule has 1 saturated carbocycles. The third-order valence-corrected chi connectivity index (χ3v) is 5.41. The highest BCUT2D eigenvalue weighted by Crippen LogP contribution is 2.38. The average molecular weight is 316 g/mol. The Morgan fingerprint density at radius 2 is 2.30 bits per heavy atom. The van der Waals surface area contributed by atoms with E-state index in [0.717, 1.165) is 38.0 Å². The van der Waals surface area contributed by atoms with Gasteiger partial charge in [-0.1, -0.05) is 6.92 Å². The number of carbonyl (C=O) groups excluding carboxylic acids is 1. The van der Waals surface area contributed by atoms with E-state index in [4.69, 9.17) is 9.47 Å². The van der Waals surface area contributed by atoms with Crippen molar-refractivity contribution in [2.24, 2.45) is 11.8 Å². The Labute approximate surface area is 137 Å². The van der Waals surface area contributed by atoms with E-state index in [-0.39, 0.29) is 24.2 Å². The lowest BCUT2D eigenvalue weighted by molar-refractivity contribution is -0.143. The second kappa shape index (κ2) is 6.11. The van der Waals surface area contributed by atoms with Gasteiger partial charge in [0.05, 0.1) is 18.8 Å². The number of likely N-dealkylation sites (tertiary alicyclic amines) is 1. The molecule has 2 saturated heterocycles. The van der Waals surface area contributed by atoms with E-state index < -0.39 is 0 Å². The molecule has 23 heavy (non-hydrogen) atoms. The molecule has 0 bridgehead atoms. The van der Waals surface area contributed by atoms with Crippen LogP contribution in [0.3, 0.4) is 0 Å². The van der Waals surface area contributed by atoms with Gasteiger partial charge in [-0.05, 0) is 43.7 Å². The molecule has 4 rings (SSSR count). The Bertz CT molecular complexity index is 559. The largest absolute Gasteiger partial charge is 0.484 e. The Balaban J connectivity index is 1.49. The zero-order valence-corrected chi connectivity index (χ0v) is 13.6. The maximum absolute atomic E-state index is 12.8. The molecule has 3 atom stereocenters. The lowest BCUT2D eigenvalue weighted by atomic mass is 9.75. The van der Waals surface area contributed by atoms with E-state index in [1.54, 1.807) is 12.4 Å². The van der Waals surface area contributed by atoms with Crippen molar-refractivity contribution >= 4 is 5.91 Å². The number of ether oxygens (including phenoxy) is 2. The molecule has 1 amide bonds. The molecule has 0 unspecified atom stereocenters. The summed E-state index contributed by atoms with van der Waals surface area (Å²) in [7, 11) is 0. The predicted molar refractivity (Wildman–Crippen MR) is 85.0 cm³/mol. The van der Waals surface area contributed by atoms with Gasteiger partial charge in [0, 0.05) is 18.7 Å². The molecule has 5 nitrogen and oxygen atoms in total. The minimum Gasteiger partial charge on any atom is -0.484 e. The molecule has 3 heterocycles. The standard InChI is InChI=1S/C18H24N2O3/c1-12-8-13(9-12)18(21)20-11-16(17-15(20)5-3-7-22-17)23-14-4-2-6-19-10-14/h2,4,6,10,12-13,15-17H,3,5,7-9,11H2,1H3/t12?,13?,15-,16+,17+/m1/s1. The van der Waals surface area contributed by atoms with Crippen LogP contribution in [-0.2, 0) is 9.53 Å².